The average Bonchev–Trinajstić information content (AvgIpc) is 2.46. The molecule has 4 heteroatoms. The van der Waals surface area contributed by atoms with Crippen LogP contribution in [0.25, 0.3) is 0 Å². The van der Waals surface area contributed by atoms with Gasteiger partial charge in [-0.2, -0.15) is 0 Å². The second kappa shape index (κ2) is 9.38. The number of rotatable bonds is 7. The third-order valence-electron chi connectivity index (χ3n) is 2.90. The quantitative estimate of drug-likeness (QED) is 0.605. The first-order chi connectivity index (χ1) is 9.71. The second-order valence-electron chi connectivity index (χ2n) is 4.46. The van der Waals surface area contributed by atoms with Gasteiger partial charge in [0.1, 0.15) is 5.75 Å². The lowest BCUT2D eigenvalue weighted by molar-refractivity contribution is 0.120. The first kappa shape index (κ1) is 16.5. The van der Waals surface area contributed by atoms with Gasteiger partial charge in [-0.25, -0.2) is 0 Å². The fraction of sp³-hybridized carbons (Fsp3) is 0.500. The van der Waals surface area contributed by atoms with Gasteiger partial charge in [-0.05, 0) is 37.7 Å². The summed E-state index contributed by atoms with van der Waals surface area (Å²) in [7, 11) is 3.74. The van der Waals surface area contributed by atoms with E-state index in [4.69, 9.17) is 15.2 Å². The summed E-state index contributed by atoms with van der Waals surface area (Å²) in [6.45, 7) is 5.54. The summed E-state index contributed by atoms with van der Waals surface area (Å²) in [6.07, 6.45) is 0. The number of nitrogens with two attached hydrogens (primary N) is 1. The molecule has 1 aromatic rings. The van der Waals surface area contributed by atoms with E-state index in [0.29, 0.717) is 6.54 Å². The Kier molecular flexibility index (Phi) is 7.74. The Labute approximate surface area is 121 Å². The maximum Gasteiger partial charge on any atom is 0.119 e. The molecule has 0 heterocycles. The summed E-state index contributed by atoms with van der Waals surface area (Å²) < 4.78 is 10.6. The van der Waals surface area contributed by atoms with Crippen LogP contribution in [0.15, 0.2) is 18.2 Å². The van der Waals surface area contributed by atoms with Crippen molar-refractivity contribution in [3.05, 3.63) is 29.3 Å². The van der Waals surface area contributed by atoms with E-state index < -0.39 is 0 Å². The molecule has 2 N–H and O–H groups in total. The minimum Gasteiger partial charge on any atom is -0.497 e. The number of methoxy groups -OCH3 is 1. The van der Waals surface area contributed by atoms with E-state index >= 15 is 0 Å². The van der Waals surface area contributed by atoms with Gasteiger partial charge in [-0.1, -0.05) is 11.8 Å². The highest BCUT2D eigenvalue weighted by Gasteiger charge is 2.06. The zero-order valence-corrected chi connectivity index (χ0v) is 12.6. The van der Waals surface area contributed by atoms with Crippen molar-refractivity contribution in [1.29, 1.82) is 0 Å². The highest BCUT2D eigenvalue weighted by Crippen LogP contribution is 2.18. The van der Waals surface area contributed by atoms with Gasteiger partial charge in [0.25, 0.3) is 0 Å². The summed E-state index contributed by atoms with van der Waals surface area (Å²) in [5.41, 5.74) is 7.58. The van der Waals surface area contributed by atoms with Gasteiger partial charge in [-0.15, -0.1) is 0 Å². The molecule has 0 aromatic heterocycles. The summed E-state index contributed by atoms with van der Waals surface area (Å²) in [4.78, 5) is 2.21. The number of ether oxygens (including phenoxy) is 2. The van der Waals surface area contributed by atoms with Crippen LogP contribution in [-0.4, -0.2) is 45.4 Å². The molecule has 0 aliphatic rings. The Morgan fingerprint density at radius 3 is 2.80 bits per heavy atom. The van der Waals surface area contributed by atoms with Crippen LogP contribution < -0.4 is 10.5 Å². The molecule has 0 saturated carbocycles. The van der Waals surface area contributed by atoms with Crippen molar-refractivity contribution in [1.82, 2.24) is 4.90 Å². The molecule has 0 unspecified atom stereocenters. The predicted molar refractivity (Wildman–Crippen MR) is 81.8 cm³/mol. The minimum absolute atomic E-state index is 0.367. The maximum absolute atomic E-state index is 5.44. The maximum atomic E-state index is 5.44. The van der Waals surface area contributed by atoms with Gasteiger partial charge in [0.05, 0.1) is 20.3 Å². The van der Waals surface area contributed by atoms with E-state index in [1.807, 2.05) is 25.1 Å². The standard InChI is InChI=1S/C16H24N2O2/c1-4-20-11-10-18(2)13-15-12-16(19-3)8-7-14(15)6-5-9-17/h7-8,12H,4,9-11,13,17H2,1-3H3. The van der Waals surface area contributed by atoms with E-state index in [1.165, 1.54) is 0 Å². The van der Waals surface area contributed by atoms with Gasteiger partial charge in [0.2, 0.25) is 0 Å². The lowest BCUT2D eigenvalue weighted by Gasteiger charge is -2.18. The molecular weight excluding hydrogens is 252 g/mol. The van der Waals surface area contributed by atoms with Crippen molar-refractivity contribution >= 4 is 0 Å². The van der Waals surface area contributed by atoms with Crippen LogP contribution in [0.3, 0.4) is 0 Å². The Morgan fingerprint density at radius 2 is 2.15 bits per heavy atom. The van der Waals surface area contributed by atoms with Crippen molar-refractivity contribution in [2.24, 2.45) is 5.73 Å². The third-order valence-corrected chi connectivity index (χ3v) is 2.90. The van der Waals surface area contributed by atoms with Crippen LogP contribution in [0, 0.1) is 11.8 Å². The fourth-order valence-corrected chi connectivity index (χ4v) is 1.83. The third kappa shape index (κ3) is 5.62. The van der Waals surface area contributed by atoms with Crippen LogP contribution in [0.1, 0.15) is 18.1 Å². The molecule has 0 aliphatic heterocycles. The van der Waals surface area contributed by atoms with E-state index in [-0.39, 0.29) is 0 Å². The lowest BCUT2D eigenvalue weighted by Crippen LogP contribution is -2.23. The van der Waals surface area contributed by atoms with E-state index in [0.717, 1.165) is 43.2 Å². The zero-order valence-electron chi connectivity index (χ0n) is 12.6. The van der Waals surface area contributed by atoms with Gasteiger partial charge >= 0.3 is 0 Å². The lowest BCUT2D eigenvalue weighted by atomic mass is 10.1. The monoisotopic (exact) mass is 276 g/mol. The Morgan fingerprint density at radius 1 is 1.35 bits per heavy atom. The summed E-state index contributed by atoms with van der Waals surface area (Å²) in [5, 5.41) is 0. The predicted octanol–water partition coefficient (Wildman–Crippen LogP) is 1.47. The molecule has 0 fully saturated rings. The molecule has 0 bridgehead atoms. The van der Waals surface area contributed by atoms with Crippen molar-refractivity contribution in [2.75, 3.05) is 40.5 Å². The first-order valence-corrected chi connectivity index (χ1v) is 6.83. The summed E-state index contributed by atoms with van der Waals surface area (Å²) >= 11 is 0. The number of nitrogens with zero attached hydrogens (tertiary/aromatic N) is 1. The van der Waals surface area contributed by atoms with Gasteiger partial charge < -0.3 is 15.2 Å². The average molecular weight is 276 g/mol. The fourth-order valence-electron chi connectivity index (χ4n) is 1.83. The molecule has 20 heavy (non-hydrogen) atoms. The number of hydrogen-bond donors (Lipinski definition) is 1. The smallest absolute Gasteiger partial charge is 0.119 e. The van der Waals surface area contributed by atoms with Crippen LogP contribution in [0.4, 0.5) is 0 Å². The number of likely N-dealkylation sites (N-methyl/N-ethyl adjacent to an activating group) is 1. The van der Waals surface area contributed by atoms with E-state index in [9.17, 15) is 0 Å². The van der Waals surface area contributed by atoms with Crippen LogP contribution >= 0.6 is 0 Å². The largest absolute Gasteiger partial charge is 0.497 e. The second-order valence-corrected chi connectivity index (χ2v) is 4.46. The van der Waals surface area contributed by atoms with Gasteiger partial charge in [-0.3, -0.25) is 4.90 Å². The normalized spacial score (nSPS) is 10.2. The molecular formula is C16H24N2O2. The van der Waals surface area contributed by atoms with Crippen molar-refractivity contribution < 1.29 is 9.47 Å². The molecule has 0 radical (unpaired) electrons. The molecule has 1 aromatic carbocycles. The number of benzene rings is 1. The SMILES string of the molecule is CCOCCN(C)Cc1cc(OC)ccc1C#CCN. The number of hydrogen-bond acceptors (Lipinski definition) is 4. The Hall–Kier alpha value is -1.54. The molecule has 1 rings (SSSR count). The van der Waals surface area contributed by atoms with Crippen molar-refractivity contribution in [3.63, 3.8) is 0 Å². The molecule has 4 nitrogen and oxygen atoms in total. The summed E-state index contributed by atoms with van der Waals surface area (Å²) in [5.74, 6) is 6.85. The highest BCUT2D eigenvalue weighted by atomic mass is 16.5. The molecule has 0 atom stereocenters. The van der Waals surface area contributed by atoms with Crippen molar-refractivity contribution in [3.8, 4) is 17.6 Å². The summed E-state index contributed by atoms with van der Waals surface area (Å²) in [6, 6.07) is 5.93. The first-order valence-electron chi connectivity index (χ1n) is 6.83. The van der Waals surface area contributed by atoms with Gasteiger partial charge in [0.15, 0.2) is 0 Å². The van der Waals surface area contributed by atoms with Crippen LogP contribution in [0.2, 0.25) is 0 Å². The molecule has 0 spiro atoms. The molecule has 0 saturated heterocycles. The molecule has 0 amide bonds. The zero-order chi connectivity index (χ0) is 14.8. The Balaban J connectivity index is 2.78. The highest BCUT2D eigenvalue weighted by molar-refractivity contribution is 5.45. The van der Waals surface area contributed by atoms with Gasteiger partial charge in [0, 0.05) is 25.3 Å². The minimum atomic E-state index is 0.367. The van der Waals surface area contributed by atoms with E-state index in [2.05, 4.69) is 23.8 Å². The van der Waals surface area contributed by atoms with Crippen molar-refractivity contribution in [2.45, 2.75) is 13.5 Å². The molecule has 110 valence electrons. The molecule has 0 aliphatic carbocycles. The van der Waals surface area contributed by atoms with Crippen LogP contribution in [0.5, 0.6) is 5.75 Å². The van der Waals surface area contributed by atoms with E-state index in [1.54, 1.807) is 7.11 Å². The topological polar surface area (TPSA) is 47.7 Å². The Bertz CT molecular complexity index is 463. The van der Waals surface area contributed by atoms with Crippen LogP contribution in [-0.2, 0) is 11.3 Å².